The number of alkyl halides is 3. The Morgan fingerprint density at radius 2 is 1.90 bits per heavy atom. The Hall–Kier alpha value is -1.14. The van der Waals surface area contributed by atoms with Gasteiger partial charge in [0.1, 0.15) is 6.54 Å². The van der Waals surface area contributed by atoms with Crippen LogP contribution in [0.3, 0.4) is 0 Å². The van der Waals surface area contributed by atoms with E-state index in [2.05, 4.69) is 0 Å². The molecule has 1 aromatic rings. The summed E-state index contributed by atoms with van der Waals surface area (Å²) in [5, 5.41) is -0.0931. The molecule has 0 aliphatic rings. The summed E-state index contributed by atoms with van der Waals surface area (Å²) in [6, 6.07) is 1.88. The van der Waals surface area contributed by atoms with Crippen LogP contribution in [0.2, 0.25) is 10.0 Å². The largest absolute Gasteiger partial charge is 0.406 e. The maximum absolute atomic E-state index is 12.5. The molecular formula is C12H13Cl2F3N2O. The van der Waals surface area contributed by atoms with E-state index in [9.17, 15) is 18.0 Å². The maximum atomic E-state index is 12.5. The van der Waals surface area contributed by atoms with Crippen molar-refractivity contribution in [3.05, 3.63) is 27.7 Å². The van der Waals surface area contributed by atoms with E-state index in [1.165, 1.54) is 26.0 Å². The fraction of sp³-hybridized carbons (Fsp3) is 0.417. The summed E-state index contributed by atoms with van der Waals surface area (Å²) < 4.78 is 37.6. The van der Waals surface area contributed by atoms with E-state index in [-0.39, 0.29) is 21.3 Å². The molecule has 0 spiro atoms. The summed E-state index contributed by atoms with van der Waals surface area (Å²) in [5.74, 6) is -0.864. The van der Waals surface area contributed by atoms with Crippen LogP contribution in [0, 0.1) is 0 Å². The molecule has 0 radical (unpaired) electrons. The van der Waals surface area contributed by atoms with E-state index in [0.29, 0.717) is 4.90 Å². The minimum atomic E-state index is -4.50. The van der Waals surface area contributed by atoms with Gasteiger partial charge in [0.05, 0.1) is 15.6 Å². The molecule has 0 aliphatic heterocycles. The number of carbonyl (C=O) groups is 1. The first-order chi connectivity index (χ1) is 9.03. The quantitative estimate of drug-likeness (QED) is 0.853. The molecule has 0 saturated heterocycles. The number of benzene rings is 1. The molecule has 2 N–H and O–H groups in total. The van der Waals surface area contributed by atoms with Crippen LogP contribution in [-0.4, -0.2) is 29.6 Å². The van der Waals surface area contributed by atoms with Crippen molar-refractivity contribution in [1.82, 2.24) is 4.90 Å². The molecule has 1 amide bonds. The third kappa shape index (κ3) is 4.18. The SMILES string of the molecule is CC(C)N(CC(F)(F)F)C(=O)c1cc(N)cc(Cl)c1Cl. The number of hydrogen-bond acceptors (Lipinski definition) is 2. The van der Waals surface area contributed by atoms with Crippen LogP contribution in [-0.2, 0) is 0 Å². The molecule has 1 aromatic carbocycles. The first-order valence-electron chi connectivity index (χ1n) is 5.65. The van der Waals surface area contributed by atoms with Gasteiger partial charge in [-0.25, -0.2) is 0 Å². The molecule has 0 aromatic heterocycles. The van der Waals surface area contributed by atoms with E-state index < -0.39 is 24.7 Å². The number of rotatable bonds is 3. The highest BCUT2D eigenvalue weighted by Gasteiger charge is 2.35. The molecule has 0 atom stereocenters. The number of hydrogen-bond donors (Lipinski definition) is 1. The van der Waals surface area contributed by atoms with Gasteiger partial charge in [0.2, 0.25) is 0 Å². The smallest absolute Gasteiger partial charge is 0.399 e. The minimum absolute atomic E-state index is 0.0192. The fourth-order valence-corrected chi connectivity index (χ4v) is 2.02. The molecule has 8 heteroatoms. The van der Waals surface area contributed by atoms with Crippen LogP contribution in [0.5, 0.6) is 0 Å². The van der Waals surface area contributed by atoms with Gasteiger partial charge >= 0.3 is 6.18 Å². The standard InChI is InChI=1S/C12H13Cl2F3N2O/c1-6(2)19(5-12(15,16)17)11(20)8-3-7(18)4-9(13)10(8)14/h3-4,6H,5,18H2,1-2H3. The number of nitrogens with zero attached hydrogens (tertiary/aromatic N) is 1. The van der Waals surface area contributed by atoms with Gasteiger partial charge in [-0.15, -0.1) is 0 Å². The van der Waals surface area contributed by atoms with Gasteiger partial charge in [-0.1, -0.05) is 23.2 Å². The average Bonchev–Trinajstić information content (AvgIpc) is 2.28. The van der Waals surface area contributed by atoms with Crippen molar-refractivity contribution in [2.24, 2.45) is 0 Å². The zero-order chi connectivity index (χ0) is 15.7. The van der Waals surface area contributed by atoms with Gasteiger partial charge in [-0.05, 0) is 26.0 Å². The third-order valence-corrected chi connectivity index (χ3v) is 3.32. The third-order valence-electron chi connectivity index (χ3n) is 2.51. The number of halogens is 5. The molecule has 1 rings (SSSR count). The minimum Gasteiger partial charge on any atom is -0.399 e. The summed E-state index contributed by atoms with van der Waals surface area (Å²) in [6.45, 7) is 1.59. The normalized spacial score (nSPS) is 11.8. The molecule has 20 heavy (non-hydrogen) atoms. The Bertz CT molecular complexity index is 518. The molecule has 0 fully saturated rings. The van der Waals surface area contributed by atoms with E-state index in [1.807, 2.05) is 0 Å². The Morgan fingerprint density at radius 3 is 2.35 bits per heavy atom. The number of nitrogens with two attached hydrogens (primary N) is 1. The van der Waals surface area contributed by atoms with Crippen LogP contribution in [0.25, 0.3) is 0 Å². The first-order valence-corrected chi connectivity index (χ1v) is 6.40. The molecule has 0 aliphatic carbocycles. The van der Waals surface area contributed by atoms with Gasteiger partial charge in [0.25, 0.3) is 5.91 Å². The van der Waals surface area contributed by atoms with E-state index >= 15 is 0 Å². The summed E-state index contributed by atoms with van der Waals surface area (Å²) in [5.41, 5.74) is 5.54. The average molecular weight is 329 g/mol. The van der Waals surface area contributed by atoms with Crippen LogP contribution in [0.15, 0.2) is 12.1 Å². The van der Waals surface area contributed by atoms with Crippen molar-refractivity contribution < 1.29 is 18.0 Å². The van der Waals surface area contributed by atoms with Crippen molar-refractivity contribution in [2.75, 3.05) is 12.3 Å². The second-order valence-corrected chi connectivity index (χ2v) is 5.29. The van der Waals surface area contributed by atoms with Crippen LogP contribution < -0.4 is 5.73 Å². The highest BCUT2D eigenvalue weighted by Crippen LogP contribution is 2.30. The molecule has 112 valence electrons. The summed E-state index contributed by atoms with van der Waals surface area (Å²) in [4.78, 5) is 12.9. The highest BCUT2D eigenvalue weighted by molar-refractivity contribution is 6.44. The molecule has 0 saturated carbocycles. The monoisotopic (exact) mass is 328 g/mol. The van der Waals surface area contributed by atoms with E-state index in [0.717, 1.165) is 0 Å². The lowest BCUT2D eigenvalue weighted by molar-refractivity contribution is -0.143. The molecule has 0 bridgehead atoms. The lowest BCUT2D eigenvalue weighted by Crippen LogP contribution is -2.43. The highest BCUT2D eigenvalue weighted by atomic mass is 35.5. The first kappa shape index (κ1) is 16.9. The zero-order valence-corrected chi connectivity index (χ0v) is 12.3. The Kier molecular flexibility index (Phi) is 5.15. The number of nitrogen functional groups attached to an aromatic ring is 1. The topological polar surface area (TPSA) is 46.3 Å². The van der Waals surface area contributed by atoms with E-state index in [4.69, 9.17) is 28.9 Å². The van der Waals surface area contributed by atoms with Crippen molar-refractivity contribution in [3.63, 3.8) is 0 Å². The second-order valence-electron chi connectivity index (χ2n) is 4.51. The lowest BCUT2D eigenvalue weighted by Gasteiger charge is -2.28. The van der Waals surface area contributed by atoms with Crippen LogP contribution >= 0.6 is 23.2 Å². The predicted molar refractivity (Wildman–Crippen MR) is 73.1 cm³/mol. The maximum Gasteiger partial charge on any atom is 0.406 e. The van der Waals surface area contributed by atoms with Crippen molar-refractivity contribution >= 4 is 34.8 Å². The van der Waals surface area contributed by atoms with Gasteiger partial charge < -0.3 is 10.6 Å². The Balaban J connectivity index is 3.20. The van der Waals surface area contributed by atoms with Gasteiger partial charge in [-0.3, -0.25) is 4.79 Å². The Labute approximate surface area is 124 Å². The zero-order valence-electron chi connectivity index (χ0n) is 10.8. The van der Waals surface area contributed by atoms with Gasteiger partial charge in [0, 0.05) is 11.7 Å². The fourth-order valence-electron chi connectivity index (χ4n) is 1.60. The summed E-state index contributed by atoms with van der Waals surface area (Å²) in [7, 11) is 0. The number of amides is 1. The molecule has 3 nitrogen and oxygen atoms in total. The lowest BCUT2D eigenvalue weighted by atomic mass is 10.1. The molecule has 0 unspecified atom stereocenters. The number of carbonyl (C=O) groups excluding carboxylic acids is 1. The van der Waals surface area contributed by atoms with Crippen LogP contribution in [0.1, 0.15) is 24.2 Å². The molecular weight excluding hydrogens is 316 g/mol. The molecule has 0 heterocycles. The second kappa shape index (κ2) is 6.10. The van der Waals surface area contributed by atoms with Crippen molar-refractivity contribution in [1.29, 1.82) is 0 Å². The Morgan fingerprint density at radius 1 is 1.35 bits per heavy atom. The summed E-state index contributed by atoms with van der Waals surface area (Å²) >= 11 is 11.6. The van der Waals surface area contributed by atoms with Gasteiger partial charge in [0.15, 0.2) is 0 Å². The summed E-state index contributed by atoms with van der Waals surface area (Å²) in [6.07, 6.45) is -4.50. The van der Waals surface area contributed by atoms with Crippen molar-refractivity contribution in [3.8, 4) is 0 Å². The van der Waals surface area contributed by atoms with Crippen molar-refractivity contribution in [2.45, 2.75) is 26.1 Å². The predicted octanol–water partition coefficient (Wildman–Crippen LogP) is 3.99. The van der Waals surface area contributed by atoms with E-state index in [1.54, 1.807) is 0 Å². The van der Waals surface area contributed by atoms with Crippen LogP contribution in [0.4, 0.5) is 18.9 Å². The number of anilines is 1. The van der Waals surface area contributed by atoms with Gasteiger partial charge in [-0.2, -0.15) is 13.2 Å².